The monoisotopic (exact) mass is 255 g/mol. The van der Waals surface area contributed by atoms with Crippen molar-refractivity contribution in [1.82, 2.24) is 5.48 Å². The number of rotatable bonds is 0. The van der Waals surface area contributed by atoms with E-state index in [1.165, 1.54) is 16.3 Å². The molecule has 4 rings (SSSR count). The van der Waals surface area contributed by atoms with Gasteiger partial charge in [-0.2, -0.15) is 5.48 Å². The van der Waals surface area contributed by atoms with E-state index in [-0.39, 0.29) is 11.6 Å². The SMILES string of the molecule is CC1(C)ON[C@H]2c3c(ccc4ccccc34)OC[C@H]21. The third kappa shape index (κ3) is 1.52. The summed E-state index contributed by atoms with van der Waals surface area (Å²) < 4.78 is 5.96. The molecule has 2 atom stereocenters. The van der Waals surface area contributed by atoms with Crippen LogP contribution in [-0.2, 0) is 4.84 Å². The highest BCUT2D eigenvalue weighted by atomic mass is 16.7. The summed E-state index contributed by atoms with van der Waals surface area (Å²) in [6.45, 7) is 4.93. The number of hydroxylamine groups is 1. The number of ether oxygens (including phenoxy) is 1. The third-order valence-electron chi connectivity index (χ3n) is 4.40. The summed E-state index contributed by atoms with van der Waals surface area (Å²) in [5, 5.41) is 2.50. The van der Waals surface area contributed by atoms with Crippen LogP contribution in [-0.4, -0.2) is 12.2 Å². The Hall–Kier alpha value is -1.58. The van der Waals surface area contributed by atoms with Crippen LogP contribution >= 0.6 is 0 Å². The quantitative estimate of drug-likeness (QED) is 0.784. The summed E-state index contributed by atoms with van der Waals surface area (Å²) in [6, 6.07) is 12.8. The first-order valence-electron chi connectivity index (χ1n) is 6.75. The Bertz CT molecular complexity index is 650. The molecule has 1 saturated heterocycles. The van der Waals surface area contributed by atoms with Crippen LogP contribution in [0.15, 0.2) is 36.4 Å². The Morgan fingerprint density at radius 2 is 2.00 bits per heavy atom. The zero-order valence-electron chi connectivity index (χ0n) is 11.1. The second-order valence-electron chi connectivity index (χ2n) is 5.92. The maximum atomic E-state index is 5.96. The lowest BCUT2D eigenvalue weighted by atomic mass is 9.80. The molecule has 2 heterocycles. The summed E-state index contributed by atoms with van der Waals surface area (Å²) in [4.78, 5) is 5.76. The van der Waals surface area contributed by atoms with Crippen molar-refractivity contribution >= 4 is 10.8 Å². The molecule has 0 radical (unpaired) electrons. The zero-order chi connectivity index (χ0) is 13.0. The van der Waals surface area contributed by atoms with Crippen LogP contribution in [0.3, 0.4) is 0 Å². The second-order valence-corrected chi connectivity index (χ2v) is 5.92. The third-order valence-corrected chi connectivity index (χ3v) is 4.40. The van der Waals surface area contributed by atoms with Gasteiger partial charge in [-0.25, -0.2) is 0 Å². The summed E-state index contributed by atoms with van der Waals surface area (Å²) in [6.07, 6.45) is 0. The van der Waals surface area contributed by atoms with E-state index in [9.17, 15) is 0 Å². The molecule has 0 spiro atoms. The molecule has 98 valence electrons. The fourth-order valence-corrected chi connectivity index (χ4v) is 3.23. The Morgan fingerprint density at radius 3 is 2.89 bits per heavy atom. The smallest absolute Gasteiger partial charge is 0.124 e. The average Bonchev–Trinajstić information content (AvgIpc) is 2.74. The van der Waals surface area contributed by atoms with Gasteiger partial charge in [-0.15, -0.1) is 0 Å². The molecular weight excluding hydrogens is 238 g/mol. The molecule has 19 heavy (non-hydrogen) atoms. The molecule has 0 saturated carbocycles. The lowest BCUT2D eigenvalue weighted by Gasteiger charge is -2.32. The van der Waals surface area contributed by atoms with Crippen LogP contribution in [0.5, 0.6) is 5.75 Å². The summed E-state index contributed by atoms with van der Waals surface area (Å²) in [5.74, 6) is 1.32. The molecule has 3 heteroatoms. The molecule has 2 aliphatic heterocycles. The first kappa shape index (κ1) is 11.3. The van der Waals surface area contributed by atoms with Crippen molar-refractivity contribution in [2.75, 3.05) is 6.61 Å². The molecule has 0 bridgehead atoms. The fraction of sp³-hybridized carbons (Fsp3) is 0.375. The van der Waals surface area contributed by atoms with E-state index in [1.54, 1.807) is 0 Å². The molecule has 2 aromatic carbocycles. The highest BCUT2D eigenvalue weighted by molar-refractivity contribution is 5.88. The van der Waals surface area contributed by atoms with E-state index in [1.807, 2.05) is 0 Å². The van der Waals surface area contributed by atoms with Crippen LogP contribution < -0.4 is 10.2 Å². The van der Waals surface area contributed by atoms with Crippen LogP contribution in [0.25, 0.3) is 10.8 Å². The zero-order valence-corrected chi connectivity index (χ0v) is 11.1. The minimum Gasteiger partial charge on any atom is -0.493 e. The predicted molar refractivity (Wildman–Crippen MR) is 74.0 cm³/mol. The van der Waals surface area contributed by atoms with Gasteiger partial charge in [0.2, 0.25) is 0 Å². The van der Waals surface area contributed by atoms with Crippen molar-refractivity contribution in [3.8, 4) is 5.75 Å². The van der Waals surface area contributed by atoms with Crippen LogP contribution in [0.2, 0.25) is 0 Å². The van der Waals surface area contributed by atoms with Crippen LogP contribution in [0.4, 0.5) is 0 Å². The van der Waals surface area contributed by atoms with Gasteiger partial charge in [0.05, 0.1) is 18.2 Å². The molecule has 0 amide bonds. The molecule has 2 aromatic rings. The molecule has 1 fully saturated rings. The standard InChI is InChI=1S/C16H17NO2/c1-16(2)12-9-18-13-8-7-10-5-3-4-6-11(10)14(13)15(12)17-19-16/h3-8,12,15,17H,9H2,1-2H3/t12-,15-/m1/s1. The molecule has 0 aliphatic carbocycles. The summed E-state index contributed by atoms with van der Waals surface area (Å²) in [7, 11) is 0. The topological polar surface area (TPSA) is 30.5 Å². The molecule has 0 unspecified atom stereocenters. The first-order chi connectivity index (χ1) is 9.17. The van der Waals surface area contributed by atoms with Gasteiger partial charge in [-0.05, 0) is 30.7 Å². The molecule has 2 aliphatic rings. The van der Waals surface area contributed by atoms with Crippen molar-refractivity contribution in [1.29, 1.82) is 0 Å². The van der Waals surface area contributed by atoms with Gasteiger partial charge < -0.3 is 4.74 Å². The van der Waals surface area contributed by atoms with Crippen molar-refractivity contribution in [3.63, 3.8) is 0 Å². The van der Waals surface area contributed by atoms with E-state index < -0.39 is 0 Å². The fourth-order valence-electron chi connectivity index (χ4n) is 3.23. The van der Waals surface area contributed by atoms with Crippen molar-refractivity contribution in [2.24, 2.45) is 5.92 Å². The Balaban J connectivity index is 1.95. The lowest BCUT2D eigenvalue weighted by molar-refractivity contribution is -0.0484. The molecule has 0 aromatic heterocycles. The highest BCUT2D eigenvalue weighted by Gasteiger charge is 2.48. The van der Waals surface area contributed by atoms with E-state index in [4.69, 9.17) is 9.57 Å². The maximum absolute atomic E-state index is 5.96. The minimum absolute atomic E-state index is 0.195. The molecule has 1 N–H and O–H groups in total. The maximum Gasteiger partial charge on any atom is 0.124 e. The first-order valence-corrected chi connectivity index (χ1v) is 6.75. The minimum atomic E-state index is -0.195. The van der Waals surface area contributed by atoms with E-state index in [2.05, 4.69) is 55.7 Å². The van der Waals surface area contributed by atoms with E-state index in [0.717, 1.165) is 5.75 Å². The average molecular weight is 255 g/mol. The summed E-state index contributed by atoms with van der Waals surface area (Å²) in [5.41, 5.74) is 4.26. The number of hydrogen-bond acceptors (Lipinski definition) is 3. The van der Waals surface area contributed by atoms with Gasteiger partial charge in [-0.3, -0.25) is 4.84 Å². The number of fused-ring (bicyclic) bond motifs is 5. The van der Waals surface area contributed by atoms with Crippen LogP contribution in [0, 0.1) is 5.92 Å². The van der Waals surface area contributed by atoms with Crippen molar-refractivity contribution in [3.05, 3.63) is 42.0 Å². The Morgan fingerprint density at radius 1 is 1.16 bits per heavy atom. The van der Waals surface area contributed by atoms with E-state index >= 15 is 0 Å². The number of nitrogens with one attached hydrogen (secondary N) is 1. The molecular formula is C16H17NO2. The van der Waals surface area contributed by atoms with Crippen LogP contribution in [0.1, 0.15) is 25.5 Å². The van der Waals surface area contributed by atoms with E-state index in [0.29, 0.717) is 12.5 Å². The normalized spacial score (nSPS) is 27.7. The van der Waals surface area contributed by atoms with Gasteiger partial charge in [0, 0.05) is 11.5 Å². The van der Waals surface area contributed by atoms with Gasteiger partial charge >= 0.3 is 0 Å². The van der Waals surface area contributed by atoms with Gasteiger partial charge in [0.1, 0.15) is 5.75 Å². The van der Waals surface area contributed by atoms with Crippen molar-refractivity contribution < 1.29 is 9.57 Å². The summed E-state index contributed by atoms with van der Waals surface area (Å²) >= 11 is 0. The highest BCUT2D eigenvalue weighted by Crippen LogP contribution is 2.47. The largest absolute Gasteiger partial charge is 0.493 e. The van der Waals surface area contributed by atoms with Crippen molar-refractivity contribution in [2.45, 2.75) is 25.5 Å². The van der Waals surface area contributed by atoms with Gasteiger partial charge in [0.15, 0.2) is 0 Å². The predicted octanol–water partition coefficient (Wildman–Crippen LogP) is 3.20. The van der Waals surface area contributed by atoms with Gasteiger partial charge in [-0.1, -0.05) is 30.3 Å². The molecule has 3 nitrogen and oxygen atoms in total. The Labute approximate surface area is 112 Å². The Kier molecular flexibility index (Phi) is 2.20. The number of hydrogen-bond donors (Lipinski definition) is 1. The second kappa shape index (κ2) is 3.71. The number of benzene rings is 2. The van der Waals surface area contributed by atoms with Gasteiger partial charge in [0.25, 0.3) is 0 Å². The lowest BCUT2D eigenvalue weighted by Crippen LogP contribution is -2.36.